The van der Waals surface area contributed by atoms with Gasteiger partial charge in [0.1, 0.15) is 0 Å². The van der Waals surface area contributed by atoms with Gasteiger partial charge in [0.2, 0.25) is 0 Å². The van der Waals surface area contributed by atoms with Crippen LogP contribution in [0.4, 0.5) is 0 Å². The Kier molecular flexibility index (Phi) is 8.96. The predicted molar refractivity (Wildman–Crippen MR) is 73.9 cm³/mol. The van der Waals surface area contributed by atoms with Gasteiger partial charge >= 0.3 is 0 Å². The second kappa shape index (κ2) is 9.00. The van der Waals surface area contributed by atoms with Crippen molar-refractivity contribution >= 4 is 0 Å². The Hall–Kier alpha value is -0.0800. The first-order valence-corrected chi connectivity index (χ1v) is 7.05. The highest BCUT2D eigenvalue weighted by atomic mass is 15.2. The minimum atomic E-state index is 0.620. The quantitative estimate of drug-likeness (QED) is 0.652. The van der Waals surface area contributed by atoms with Crippen LogP contribution >= 0.6 is 0 Å². The summed E-state index contributed by atoms with van der Waals surface area (Å²) in [4.78, 5) is 2.63. The molecule has 0 bridgehead atoms. The van der Waals surface area contributed by atoms with Crippen LogP contribution in [0.2, 0.25) is 0 Å². The SMILES string of the molecule is CCC(CC)CN(CC)C(C)C(CC)NC. The van der Waals surface area contributed by atoms with Crippen molar-refractivity contribution in [3.8, 4) is 0 Å². The van der Waals surface area contributed by atoms with E-state index in [2.05, 4.69) is 51.9 Å². The maximum Gasteiger partial charge on any atom is 0.0220 e. The molecule has 2 atom stereocenters. The van der Waals surface area contributed by atoms with Gasteiger partial charge in [-0.2, -0.15) is 0 Å². The highest BCUT2D eigenvalue weighted by molar-refractivity contribution is 4.79. The van der Waals surface area contributed by atoms with Crippen LogP contribution in [0, 0.1) is 5.92 Å². The third-order valence-electron chi connectivity index (χ3n) is 4.02. The van der Waals surface area contributed by atoms with Crippen LogP contribution in [-0.2, 0) is 0 Å². The first kappa shape index (κ1) is 15.9. The zero-order valence-electron chi connectivity index (χ0n) is 12.2. The van der Waals surface area contributed by atoms with Gasteiger partial charge in [-0.15, -0.1) is 0 Å². The average Bonchev–Trinajstić information content (AvgIpc) is 2.32. The van der Waals surface area contributed by atoms with E-state index in [9.17, 15) is 0 Å². The zero-order chi connectivity index (χ0) is 12.6. The van der Waals surface area contributed by atoms with E-state index in [0.717, 1.165) is 12.5 Å². The first-order valence-electron chi connectivity index (χ1n) is 7.05. The molecule has 2 nitrogen and oxygen atoms in total. The third kappa shape index (κ3) is 4.84. The molecule has 0 aromatic carbocycles. The fourth-order valence-corrected chi connectivity index (χ4v) is 2.50. The topological polar surface area (TPSA) is 15.3 Å². The molecular weight excluding hydrogens is 196 g/mol. The number of likely N-dealkylation sites (N-methyl/N-ethyl adjacent to an activating group) is 2. The molecular formula is C14H32N2. The summed E-state index contributed by atoms with van der Waals surface area (Å²) in [6.45, 7) is 13.9. The highest BCUT2D eigenvalue weighted by Crippen LogP contribution is 2.14. The van der Waals surface area contributed by atoms with Gasteiger partial charge in [0.25, 0.3) is 0 Å². The lowest BCUT2D eigenvalue weighted by molar-refractivity contribution is 0.149. The van der Waals surface area contributed by atoms with Crippen LogP contribution in [0.1, 0.15) is 53.9 Å². The number of nitrogens with one attached hydrogen (secondary N) is 1. The number of rotatable bonds is 9. The number of hydrogen-bond acceptors (Lipinski definition) is 2. The van der Waals surface area contributed by atoms with Gasteiger partial charge in [-0.25, -0.2) is 0 Å². The van der Waals surface area contributed by atoms with Crippen LogP contribution in [0.5, 0.6) is 0 Å². The summed E-state index contributed by atoms with van der Waals surface area (Å²) in [5.41, 5.74) is 0. The maximum atomic E-state index is 3.43. The molecule has 0 aliphatic carbocycles. The summed E-state index contributed by atoms with van der Waals surface area (Å²) in [7, 11) is 2.08. The summed E-state index contributed by atoms with van der Waals surface area (Å²) in [6, 6.07) is 1.26. The maximum absolute atomic E-state index is 3.43. The molecule has 1 N–H and O–H groups in total. The van der Waals surface area contributed by atoms with E-state index in [1.54, 1.807) is 0 Å². The first-order chi connectivity index (χ1) is 7.64. The second-order valence-electron chi connectivity index (χ2n) is 4.81. The normalized spacial score (nSPS) is 15.8. The molecule has 0 aromatic rings. The molecule has 98 valence electrons. The Morgan fingerprint density at radius 3 is 1.88 bits per heavy atom. The largest absolute Gasteiger partial charge is 0.315 e. The molecule has 2 heteroatoms. The average molecular weight is 228 g/mol. The molecule has 0 heterocycles. The molecule has 2 unspecified atom stereocenters. The molecule has 0 saturated carbocycles. The fourth-order valence-electron chi connectivity index (χ4n) is 2.50. The molecule has 0 spiro atoms. The Balaban J connectivity index is 4.34. The van der Waals surface area contributed by atoms with Crippen molar-refractivity contribution in [3.63, 3.8) is 0 Å². The van der Waals surface area contributed by atoms with Gasteiger partial charge in [0.15, 0.2) is 0 Å². The molecule has 0 amide bonds. The smallest absolute Gasteiger partial charge is 0.0220 e. The van der Waals surface area contributed by atoms with E-state index in [0.29, 0.717) is 12.1 Å². The lowest BCUT2D eigenvalue weighted by Crippen LogP contribution is -2.48. The van der Waals surface area contributed by atoms with Gasteiger partial charge in [-0.3, -0.25) is 4.90 Å². The minimum Gasteiger partial charge on any atom is -0.315 e. The zero-order valence-corrected chi connectivity index (χ0v) is 12.2. The third-order valence-corrected chi connectivity index (χ3v) is 4.02. The van der Waals surface area contributed by atoms with E-state index in [1.165, 1.54) is 25.8 Å². The lowest BCUT2D eigenvalue weighted by Gasteiger charge is -2.35. The van der Waals surface area contributed by atoms with Gasteiger partial charge < -0.3 is 5.32 Å². The summed E-state index contributed by atoms with van der Waals surface area (Å²) in [5, 5.41) is 3.43. The van der Waals surface area contributed by atoms with Crippen LogP contribution in [0.3, 0.4) is 0 Å². The Labute approximate surface area is 103 Å². The van der Waals surface area contributed by atoms with Gasteiger partial charge in [0, 0.05) is 18.6 Å². The monoisotopic (exact) mass is 228 g/mol. The molecule has 0 fully saturated rings. The van der Waals surface area contributed by atoms with Gasteiger partial charge in [0.05, 0.1) is 0 Å². The molecule has 16 heavy (non-hydrogen) atoms. The van der Waals surface area contributed by atoms with E-state index >= 15 is 0 Å². The summed E-state index contributed by atoms with van der Waals surface area (Å²) in [6.07, 6.45) is 3.81. The molecule has 0 aromatic heterocycles. The van der Waals surface area contributed by atoms with Crippen molar-refractivity contribution < 1.29 is 0 Å². The number of hydrogen-bond donors (Lipinski definition) is 1. The summed E-state index contributed by atoms with van der Waals surface area (Å²) < 4.78 is 0. The molecule has 0 aliphatic rings. The van der Waals surface area contributed by atoms with Crippen LogP contribution in [0.15, 0.2) is 0 Å². The lowest BCUT2D eigenvalue weighted by atomic mass is 9.99. The van der Waals surface area contributed by atoms with Gasteiger partial charge in [-0.1, -0.05) is 40.5 Å². The standard InChI is InChI=1S/C14H32N2/c1-7-13(8-2)11-16(10-4)12(5)14(9-3)15-6/h12-15H,7-11H2,1-6H3. The minimum absolute atomic E-state index is 0.620. The van der Waals surface area contributed by atoms with Crippen LogP contribution in [-0.4, -0.2) is 37.1 Å². The number of nitrogens with zero attached hydrogens (tertiary/aromatic N) is 1. The Bertz CT molecular complexity index is 151. The molecule has 0 saturated heterocycles. The fraction of sp³-hybridized carbons (Fsp3) is 1.00. The Morgan fingerprint density at radius 1 is 1.00 bits per heavy atom. The van der Waals surface area contributed by atoms with E-state index in [4.69, 9.17) is 0 Å². The van der Waals surface area contributed by atoms with Crippen LogP contribution < -0.4 is 5.32 Å². The van der Waals surface area contributed by atoms with Crippen LogP contribution in [0.25, 0.3) is 0 Å². The van der Waals surface area contributed by atoms with Crippen molar-refractivity contribution in [2.45, 2.75) is 66.0 Å². The van der Waals surface area contributed by atoms with E-state index in [1.807, 2.05) is 0 Å². The van der Waals surface area contributed by atoms with Crippen molar-refractivity contribution in [1.82, 2.24) is 10.2 Å². The highest BCUT2D eigenvalue weighted by Gasteiger charge is 2.21. The molecule has 0 aliphatic heterocycles. The van der Waals surface area contributed by atoms with E-state index < -0.39 is 0 Å². The van der Waals surface area contributed by atoms with Gasteiger partial charge in [-0.05, 0) is 32.9 Å². The second-order valence-corrected chi connectivity index (χ2v) is 4.81. The van der Waals surface area contributed by atoms with E-state index in [-0.39, 0.29) is 0 Å². The van der Waals surface area contributed by atoms with Crippen molar-refractivity contribution in [3.05, 3.63) is 0 Å². The summed E-state index contributed by atoms with van der Waals surface area (Å²) >= 11 is 0. The predicted octanol–water partition coefficient (Wildman–Crippen LogP) is 3.13. The summed E-state index contributed by atoms with van der Waals surface area (Å²) in [5.74, 6) is 0.858. The Morgan fingerprint density at radius 2 is 1.56 bits per heavy atom. The molecule has 0 rings (SSSR count). The van der Waals surface area contributed by atoms with Crippen molar-refractivity contribution in [1.29, 1.82) is 0 Å². The molecule has 0 radical (unpaired) electrons. The van der Waals surface area contributed by atoms with Crippen molar-refractivity contribution in [2.24, 2.45) is 5.92 Å². The van der Waals surface area contributed by atoms with Crippen molar-refractivity contribution in [2.75, 3.05) is 20.1 Å².